The summed E-state index contributed by atoms with van der Waals surface area (Å²) in [6, 6.07) is 14.0. The number of nitrogens with one attached hydrogen (secondary N) is 1. The van der Waals surface area contributed by atoms with E-state index in [2.05, 4.69) is 16.3 Å². The Hall–Kier alpha value is -1.87. The van der Waals surface area contributed by atoms with E-state index in [9.17, 15) is 4.79 Å². The monoisotopic (exact) mass is 282 g/mol. The zero-order valence-electron chi connectivity index (χ0n) is 12.3. The van der Waals surface area contributed by atoms with Crippen LogP contribution in [-0.4, -0.2) is 37.0 Å². The molecule has 21 heavy (non-hydrogen) atoms. The fourth-order valence-electron chi connectivity index (χ4n) is 2.94. The molecule has 1 aliphatic heterocycles. The van der Waals surface area contributed by atoms with Crippen LogP contribution in [0.5, 0.6) is 0 Å². The van der Waals surface area contributed by atoms with Gasteiger partial charge < -0.3 is 10.2 Å². The smallest absolute Gasteiger partial charge is 0.251 e. The Labute approximate surface area is 125 Å². The largest absolute Gasteiger partial charge is 0.352 e. The summed E-state index contributed by atoms with van der Waals surface area (Å²) in [5.41, 5.74) is 0.745. The summed E-state index contributed by atoms with van der Waals surface area (Å²) < 4.78 is 0. The van der Waals surface area contributed by atoms with Gasteiger partial charge in [0.05, 0.1) is 0 Å². The maximum absolute atomic E-state index is 12.2. The number of carbonyl (C=O) groups is 1. The fraction of sp³-hybridized carbons (Fsp3) is 0.389. The van der Waals surface area contributed by atoms with Gasteiger partial charge in [-0.2, -0.15) is 0 Å². The maximum atomic E-state index is 12.2. The van der Waals surface area contributed by atoms with E-state index in [1.807, 2.05) is 36.4 Å². The van der Waals surface area contributed by atoms with Crippen LogP contribution in [0.15, 0.2) is 42.5 Å². The summed E-state index contributed by atoms with van der Waals surface area (Å²) in [7, 11) is 0. The molecule has 0 saturated carbocycles. The maximum Gasteiger partial charge on any atom is 0.251 e. The van der Waals surface area contributed by atoms with Crippen molar-refractivity contribution in [3.05, 3.63) is 48.0 Å². The normalized spacial score (nSPS) is 15.4. The van der Waals surface area contributed by atoms with Gasteiger partial charge in [0.2, 0.25) is 0 Å². The van der Waals surface area contributed by atoms with Gasteiger partial charge in [0.25, 0.3) is 5.91 Å². The van der Waals surface area contributed by atoms with Crippen LogP contribution in [0.1, 0.15) is 29.6 Å². The zero-order valence-corrected chi connectivity index (χ0v) is 12.3. The minimum absolute atomic E-state index is 0.0298. The molecule has 0 unspecified atom stereocenters. The summed E-state index contributed by atoms with van der Waals surface area (Å²) in [6.45, 7) is 4.29. The number of amides is 1. The van der Waals surface area contributed by atoms with Crippen molar-refractivity contribution in [1.82, 2.24) is 10.2 Å². The number of benzene rings is 2. The molecule has 0 aliphatic carbocycles. The molecule has 0 bridgehead atoms. The first-order valence-corrected chi connectivity index (χ1v) is 7.82. The highest BCUT2D eigenvalue weighted by Crippen LogP contribution is 2.15. The van der Waals surface area contributed by atoms with Crippen molar-refractivity contribution in [3.63, 3.8) is 0 Å². The van der Waals surface area contributed by atoms with Gasteiger partial charge in [-0.25, -0.2) is 0 Å². The topological polar surface area (TPSA) is 32.3 Å². The first-order chi connectivity index (χ1) is 10.3. The van der Waals surface area contributed by atoms with E-state index in [1.54, 1.807) is 0 Å². The molecule has 1 amide bonds. The Balaban J connectivity index is 1.51. The molecule has 3 heteroatoms. The lowest BCUT2D eigenvalue weighted by atomic mass is 10.1. The number of carbonyl (C=O) groups excluding carboxylic acids is 1. The molecular weight excluding hydrogens is 260 g/mol. The first-order valence-electron chi connectivity index (χ1n) is 7.82. The van der Waals surface area contributed by atoms with Crippen LogP contribution in [0.2, 0.25) is 0 Å². The number of nitrogens with zero attached hydrogens (tertiary/aromatic N) is 1. The first kappa shape index (κ1) is 14.1. The lowest BCUT2D eigenvalue weighted by molar-refractivity contribution is 0.0952. The van der Waals surface area contributed by atoms with E-state index in [0.717, 1.165) is 30.5 Å². The van der Waals surface area contributed by atoms with E-state index in [-0.39, 0.29) is 5.91 Å². The summed E-state index contributed by atoms with van der Waals surface area (Å²) in [6.07, 6.45) is 3.67. The zero-order chi connectivity index (χ0) is 14.5. The second-order valence-electron chi connectivity index (χ2n) is 5.72. The van der Waals surface area contributed by atoms with Crippen LogP contribution in [0.25, 0.3) is 10.8 Å². The van der Waals surface area contributed by atoms with E-state index in [1.165, 1.54) is 31.3 Å². The predicted octanol–water partition coefficient (Wildman–Crippen LogP) is 3.06. The number of fused-ring (bicyclic) bond motifs is 1. The molecular formula is C18H22N2O. The number of hydrogen-bond donors (Lipinski definition) is 1. The Bertz CT molecular complexity index is 617. The quantitative estimate of drug-likeness (QED) is 0.855. The van der Waals surface area contributed by atoms with Gasteiger partial charge >= 0.3 is 0 Å². The van der Waals surface area contributed by atoms with Crippen molar-refractivity contribution in [2.45, 2.75) is 19.3 Å². The molecule has 1 heterocycles. The van der Waals surface area contributed by atoms with Crippen LogP contribution < -0.4 is 5.32 Å². The highest BCUT2D eigenvalue weighted by molar-refractivity contribution is 5.98. The Morgan fingerprint density at radius 1 is 1.05 bits per heavy atom. The van der Waals surface area contributed by atoms with Crippen molar-refractivity contribution < 1.29 is 4.79 Å². The molecule has 0 atom stereocenters. The molecule has 0 spiro atoms. The highest BCUT2D eigenvalue weighted by atomic mass is 16.1. The fourth-order valence-corrected chi connectivity index (χ4v) is 2.94. The van der Waals surface area contributed by atoms with Crippen molar-refractivity contribution in [3.8, 4) is 0 Å². The molecule has 3 rings (SSSR count). The van der Waals surface area contributed by atoms with Gasteiger partial charge in [-0.05, 0) is 61.8 Å². The average Bonchev–Trinajstić information content (AvgIpc) is 3.04. The molecule has 110 valence electrons. The minimum Gasteiger partial charge on any atom is -0.352 e. The van der Waals surface area contributed by atoms with Gasteiger partial charge in [0.1, 0.15) is 0 Å². The molecule has 1 aliphatic rings. The Morgan fingerprint density at radius 3 is 2.62 bits per heavy atom. The second kappa shape index (κ2) is 6.72. The molecule has 2 aromatic rings. The van der Waals surface area contributed by atoms with Gasteiger partial charge in [-0.15, -0.1) is 0 Å². The molecule has 2 aromatic carbocycles. The SMILES string of the molecule is O=C(NCCCN1CCCC1)c1ccc2ccccc2c1. The highest BCUT2D eigenvalue weighted by Gasteiger charge is 2.11. The lowest BCUT2D eigenvalue weighted by Gasteiger charge is -2.14. The molecule has 1 fully saturated rings. The third-order valence-electron chi connectivity index (χ3n) is 4.15. The Morgan fingerprint density at radius 2 is 1.81 bits per heavy atom. The van der Waals surface area contributed by atoms with E-state index in [4.69, 9.17) is 0 Å². The second-order valence-corrected chi connectivity index (χ2v) is 5.72. The summed E-state index contributed by atoms with van der Waals surface area (Å²) in [5.74, 6) is 0.0298. The van der Waals surface area contributed by atoms with Gasteiger partial charge in [-0.1, -0.05) is 30.3 Å². The average molecular weight is 282 g/mol. The number of hydrogen-bond acceptors (Lipinski definition) is 2. The van der Waals surface area contributed by atoms with E-state index in [0.29, 0.717) is 0 Å². The van der Waals surface area contributed by atoms with Gasteiger partial charge in [-0.3, -0.25) is 4.79 Å². The predicted molar refractivity (Wildman–Crippen MR) is 86.6 cm³/mol. The molecule has 0 aromatic heterocycles. The Kier molecular flexibility index (Phi) is 4.51. The third-order valence-corrected chi connectivity index (χ3v) is 4.15. The molecule has 1 saturated heterocycles. The van der Waals surface area contributed by atoms with Crippen molar-refractivity contribution >= 4 is 16.7 Å². The van der Waals surface area contributed by atoms with Crippen LogP contribution in [0.3, 0.4) is 0 Å². The van der Waals surface area contributed by atoms with Crippen LogP contribution in [-0.2, 0) is 0 Å². The molecule has 0 radical (unpaired) electrons. The van der Waals surface area contributed by atoms with Gasteiger partial charge in [0, 0.05) is 12.1 Å². The number of likely N-dealkylation sites (tertiary alicyclic amines) is 1. The van der Waals surface area contributed by atoms with Crippen molar-refractivity contribution in [2.75, 3.05) is 26.2 Å². The summed E-state index contributed by atoms with van der Waals surface area (Å²) >= 11 is 0. The standard InChI is InChI=1S/C18H22N2O/c21-18(19-10-5-13-20-11-3-4-12-20)17-9-8-15-6-1-2-7-16(15)14-17/h1-2,6-9,14H,3-5,10-13H2,(H,19,21). The lowest BCUT2D eigenvalue weighted by Crippen LogP contribution is -2.28. The van der Waals surface area contributed by atoms with Crippen LogP contribution in [0.4, 0.5) is 0 Å². The molecule has 1 N–H and O–H groups in total. The summed E-state index contributed by atoms with van der Waals surface area (Å²) in [5, 5.41) is 5.30. The summed E-state index contributed by atoms with van der Waals surface area (Å²) in [4.78, 5) is 14.6. The van der Waals surface area contributed by atoms with E-state index >= 15 is 0 Å². The van der Waals surface area contributed by atoms with Gasteiger partial charge in [0.15, 0.2) is 0 Å². The van der Waals surface area contributed by atoms with Crippen LogP contribution >= 0.6 is 0 Å². The van der Waals surface area contributed by atoms with Crippen LogP contribution in [0, 0.1) is 0 Å². The van der Waals surface area contributed by atoms with E-state index < -0.39 is 0 Å². The van der Waals surface area contributed by atoms with Crippen molar-refractivity contribution in [1.29, 1.82) is 0 Å². The third kappa shape index (κ3) is 3.61. The minimum atomic E-state index is 0.0298. The molecule has 3 nitrogen and oxygen atoms in total. The van der Waals surface area contributed by atoms with Crippen molar-refractivity contribution in [2.24, 2.45) is 0 Å². The number of rotatable bonds is 5.